The largest absolute Gasteiger partial charge is 0.497 e. The number of halogens is 1. The van der Waals surface area contributed by atoms with E-state index in [-0.39, 0.29) is 11.9 Å². The van der Waals surface area contributed by atoms with Crippen LogP contribution in [-0.4, -0.2) is 18.8 Å². The first-order valence-electron chi connectivity index (χ1n) is 6.91. The Morgan fingerprint density at radius 2 is 1.86 bits per heavy atom. The fraction of sp³-hybridized carbons (Fsp3) is 0.294. The van der Waals surface area contributed by atoms with Crippen LogP contribution in [0.4, 0.5) is 4.39 Å². The third-order valence-electron chi connectivity index (χ3n) is 3.47. The fourth-order valence-corrected chi connectivity index (χ4v) is 2.13. The molecule has 2 rings (SSSR count). The topological polar surface area (TPSA) is 41.5 Å². The molecule has 2 N–H and O–H groups in total. The van der Waals surface area contributed by atoms with Crippen molar-refractivity contribution < 1.29 is 14.2 Å². The molecule has 2 aromatic carbocycles. The second-order valence-electron chi connectivity index (χ2n) is 4.97. The van der Waals surface area contributed by atoms with Crippen LogP contribution in [-0.2, 0) is 0 Å². The summed E-state index contributed by atoms with van der Waals surface area (Å²) in [6.07, 6.45) is -0.735. The minimum absolute atomic E-state index is 0.0825. The first-order chi connectivity index (χ1) is 10.1. The van der Waals surface area contributed by atoms with Gasteiger partial charge in [0.2, 0.25) is 0 Å². The number of ether oxygens (including phenoxy) is 1. The highest BCUT2D eigenvalue weighted by molar-refractivity contribution is 5.29. The van der Waals surface area contributed by atoms with Crippen LogP contribution in [0.1, 0.15) is 30.2 Å². The van der Waals surface area contributed by atoms with Crippen molar-refractivity contribution in [3.05, 3.63) is 65.5 Å². The van der Waals surface area contributed by atoms with E-state index in [0.29, 0.717) is 12.1 Å². The maximum absolute atomic E-state index is 13.1. The van der Waals surface area contributed by atoms with Gasteiger partial charge in [0.1, 0.15) is 11.6 Å². The zero-order valence-electron chi connectivity index (χ0n) is 12.2. The van der Waals surface area contributed by atoms with Crippen molar-refractivity contribution in [3.63, 3.8) is 0 Å². The van der Waals surface area contributed by atoms with Gasteiger partial charge in [-0.25, -0.2) is 4.39 Å². The van der Waals surface area contributed by atoms with Gasteiger partial charge in [-0.1, -0.05) is 24.3 Å². The Bertz CT molecular complexity index is 571. The van der Waals surface area contributed by atoms with Crippen molar-refractivity contribution >= 4 is 0 Å². The predicted octanol–water partition coefficient (Wildman–Crippen LogP) is 3.22. The second kappa shape index (κ2) is 7.20. The van der Waals surface area contributed by atoms with Gasteiger partial charge in [0, 0.05) is 12.6 Å². The standard InChI is InChI=1S/C17H20FNO2/c1-12(13-6-8-16(21-2)9-7-13)19-11-17(20)14-4-3-5-15(18)10-14/h3-10,12,17,19-20H,11H2,1-2H3/t12-,17?/m0/s1. The van der Waals surface area contributed by atoms with Crippen molar-refractivity contribution in [2.24, 2.45) is 0 Å². The van der Waals surface area contributed by atoms with Gasteiger partial charge in [0.25, 0.3) is 0 Å². The Labute approximate surface area is 124 Å². The Balaban J connectivity index is 1.92. The summed E-state index contributed by atoms with van der Waals surface area (Å²) in [5.41, 5.74) is 1.67. The minimum atomic E-state index is -0.735. The molecule has 2 atom stereocenters. The maximum atomic E-state index is 13.1. The number of aliphatic hydroxyl groups is 1. The lowest BCUT2D eigenvalue weighted by atomic mass is 10.1. The molecule has 1 unspecified atom stereocenters. The van der Waals surface area contributed by atoms with Gasteiger partial charge < -0.3 is 15.2 Å². The molecule has 0 fully saturated rings. The van der Waals surface area contributed by atoms with E-state index >= 15 is 0 Å². The molecular formula is C17H20FNO2. The summed E-state index contributed by atoms with van der Waals surface area (Å²) in [5.74, 6) is 0.473. The Hall–Kier alpha value is -1.91. The van der Waals surface area contributed by atoms with E-state index in [4.69, 9.17) is 4.74 Å². The van der Waals surface area contributed by atoms with Gasteiger partial charge in [-0.05, 0) is 42.3 Å². The Kier molecular flexibility index (Phi) is 5.31. The molecule has 0 saturated heterocycles. The number of nitrogens with one attached hydrogen (secondary N) is 1. The summed E-state index contributed by atoms with van der Waals surface area (Å²) >= 11 is 0. The molecule has 0 radical (unpaired) electrons. The molecule has 21 heavy (non-hydrogen) atoms. The van der Waals surface area contributed by atoms with Crippen molar-refractivity contribution in [1.29, 1.82) is 0 Å². The zero-order valence-corrected chi connectivity index (χ0v) is 12.2. The molecule has 0 aliphatic rings. The van der Waals surface area contributed by atoms with Gasteiger partial charge in [0.15, 0.2) is 0 Å². The average molecular weight is 289 g/mol. The number of aliphatic hydroxyl groups excluding tert-OH is 1. The van der Waals surface area contributed by atoms with E-state index < -0.39 is 6.10 Å². The molecule has 0 saturated carbocycles. The lowest BCUT2D eigenvalue weighted by molar-refractivity contribution is 0.170. The van der Waals surface area contributed by atoms with E-state index in [2.05, 4.69) is 5.32 Å². The van der Waals surface area contributed by atoms with Gasteiger partial charge >= 0.3 is 0 Å². The van der Waals surface area contributed by atoms with Crippen LogP contribution < -0.4 is 10.1 Å². The minimum Gasteiger partial charge on any atom is -0.497 e. The molecule has 0 aliphatic carbocycles. The molecule has 0 aromatic heterocycles. The SMILES string of the molecule is COc1ccc([C@H](C)NCC(O)c2cccc(F)c2)cc1. The summed E-state index contributed by atoms with van der Waals surface area (Å²) in [7, 11) is 1.63. The fourth-order valence-electron chi connectivity index (χ4n) is 2.13. The van der Waals surface area contributed by atoms with Crippen LogP contribution in [0.2, 0.25) is 0 Å². The van der Waals surface area contributed by atoms with E-state index in [9.17, 15) is 9.50 Å². The van der Waals surface area contributed by atoms with Gasteiger partial charge in [-0.2, -0.15) is 0 Å². The van der Waals surface area contributed by atoms with E-state index in [1.54, 1.807) is 19.2 Å². The lowest BCUT2D eigenvalue weighted by Gasteiger charge is -2.18. The first-order valence-corrected chi connectivity index (χ1v) is 6.91. The van der Waals surface area contributed by atoms with Crippen LogP contribution in [0.25, 0.3) is 0 Å². The highest BCUT2D eigenvalue weighted by Gasteiger charge is 2.11. The van der Waals surface area contributed by atoms with Crippen molar-refractivity contribution in [1.82, 2.24) is 5.32 Å². The van der Waals surface area contributed by atoms with Crippen LogP contribution in [0, 0.1) is 5.82 Å². The highest BCUT2D eigenvalue weighted by Crippen LogP contribution is 2.19. The quantitative estimate of drug-likeness (QED) is 0.858. The molecule has 3 nitrogen and oxygen atoms in total. The molecule has 0 bridgehead atoms. The molecule has 0 amide bonds. The van der Waals surface area contributed by atoms with Crippen LogP contribution in [0.5, 0.6) is 5.75 Å². The molecular weight excluding hydrogens is 269 g/mol. The maximum Gasteiger partial charge on any atom is 0.123 e. The summed E-state index contributed by atoms with van der Waals surface area (Å²) in [4.78, 5) is 0. The third-order valence-corrected chi connectivity index (χ3v) is 3.47. The normalized spacial score (nSPS) is 13.7. The number of methoxy groups -OCH3 is 1. The Morgan fingerprint density at radius 1 is 1.14 bits per heavy atom. The molecule has 0 heterocycles. The summed E-state index contributed by atoms with van der Waals surface area (Å²) in [5, 5.41) is 13.3. The van der Waals surface area contributed by atoms with Crippen molar-refractivity contribution in [2.45, 2.75) is 19.1 Å². The van der Waals surface area contributed by atoms with Gasteiger partial charge in [-0.15, -0.1) is 0 Å². The average Bonchev–Trinajstić information content (AvgIpc) is 2.52. The molecule has 4 heteroatoms. The molecule has 0 spiro atoms. The van der Waals surface area contributed by atoms with Crippen LogP contribution >= 0.6 is 0 Å². The first kappa shape index (κ1) is 15.5. The summed E-state index contributed by atoms with van der Waals surface area (Å²) in [6, 6.07) is 13.9. The van der Waals surface area contributed by atoms with Crippen LogP contribution in [0.15, 0.2) is 48.5 Å². The highest BCUT2D eigenvalue weighted by atomic mass is 19.1. The number of hydrogen-bond acceptors (Lipinski definition) is 3. The molecule has 2 aromatic rings. The Morgan fingerprint density at radius 3 is 2.48 bits per heavy atom. The van der Waals surface area contributed by atoms with Crippen molar-refractivity contribution in [2.75, 3.05) is 13.7 Å². The number of benzene rings is 2. The third kappa shape index (κ3) is 4.28. The molecule has 112 valence electrons. The van der Waals surface area contributed by atoms with E-state index in [0.717, 1.165) is 11.3 Å². The predicted molar refractivity (Wildman–Crippen MR) is 80.8 cm³/mol. The van der Waals surface area contributed by atoms with Gasteiger partial charge in [-0.3, -0.25) is 0 Å². The molecule has 0 aliphatic heterocycles. The number of rotatable bonds is 6. The lowest BCUT2D eigenvalue weighted by Crippen LogP contribution is -2.24. The second-order valence-corrected chi connectivity index (χ2v) is 4.97. The monoisotopic (exact) mass is 289 g/mol. The van der Waals surface area contributed by atoms with Crippen LogP contribution in [0.3, 0.4) is 0 Å². The van der Waals surface area contributed by atoms with E-state index in [1.807, 2.05) is 31.2 Å². The summed E-state index contributed by atoms with van der Waals surface area (Å²) < 4.78 is 18.2. The number of hydrogen-bond donors (Lipinski definition) is 2. The van der Waals surface area contributed by atoms with Gasteiger partial charge in [0.05, 0.1) is 13.2 Å². The zero-order chi connectivity index (χ0) is 15.2. The van der Waals surface area contributed by atoms with E-state index in [1.165, 1.54) is 12.1 Å². The van der Waals surface area contributed by atoms with Crippen molar-refractivity contribution in [3.8, 4) is 5.75 Å². The smallest absolute Gasteiger partial charge is 0.123 e. The summed E-state index contributed by atoms with van der Waals surface area (Å²) in [6.45, 7) is 2.37.